The molecule has 156 valence electrons. The highest BCUT2D eigenvalue weighted by molar-refractivity contribution is 6.35. The average Bonchev–Trinajstić information content (AvgIpc) is 2.74. The molecule has 0 saturated heterocycles. The molecule has 1 aromatic carbocycles. The second kappa shape index (κ2) is 9.45. The summed E-state index contributed by atoms with van der Waals surface area (Å²) in [7, 11) is 0. The van der Waals surface area contributed by atoms with Crippen LogP contribution in [-0.4, -0.2) is 39.1 Å². The third-order valence-electron chi connectivity index (χ3n) is 4.49. The summed E-state index contributed by atoms with van der Waals surface area (Å²) >= 11 is 12.9. The van der Waals surface area contributed by atoms with Crippen molar-refractivity contribution < 1.29 is 14.9 Å². The van der Waals surface area contributed by atoms with Gasteiger partial charge in [0, 0.05) is 11.8 Å². The van der Waals surface area contributed by atoms with E-state index < -0.39 is 12.7 Å². The Kier molecular flexibility index (Phi) is 6.95. The van der Waals surface area contributed by atoms with E-state index in [9.17, 15) is 15.2 Å². The van der Waals surface area contributed by atoms with Crippen molar-refractivity contribution in [3.05, 3.63) is 62.0 Å². The van der Waals surface area contributed by atoms with Crippen LogP contribution >= 0.6 is 23.2 Å². The van der Waals surface area contributed by atoms with E-state index in [1.807, 2.05) is 6.92 Å². The number of rotatable bonds is 7. The second-order valence-electron chi connectivity index (χ2n) is 6.62. The first kappa shape index (κ1) is 22.1. The van der Waals surface area contributed by atoms with E-state index in [1.54, 1.807) is 22.8 Å². The molecule has 1 atom stereocenters. The molecule has 0 bridgehead atoms. The molecule has 2 heterocycles. The van der Waals surface area contributed by atoms with Crippen molar-refractivity contribution in [1.29, 1.82) is 5.26 Å². The third-order valence-corrected chi connectivity index (χ3v) is 5.07. The van der Waals surface area contributed by atoms with Crippen molar-refractivity contribution in [3.8, 4) is 17.6 Å². The molecular weight excluding hydrogens is 429 g/mol. The third kappa shape index (κ3) is 4.13. The van der Waals surface area contributed by atoms with Gasteiger partial charge >= 0.3 is 0 Å². The Morgan fingerprint density at radius 1 is 1.33 bits per heavy atom. The van der Waals surface area contributed by atoms with Gasteiger partial charge in [0.25, 0.3) is 0 Å². The van der Waals surface area contributed by atoms with Gasteiger partial charge in [0.15, 0.2) is 5.43 Å². The van der Waals surface area contributed by atoms with Crippen molar-refractivity contribution >= 4 is 34.1 Å². The van der Waals surface area contributed by atoms with Crippen LogP contribution in [0.3, 0.4) is 0 Å². The number of nitrogens with zero attached hydrogens (tertiary/aromatic N) is 3. The molecule has 7 nitrogen and oxygen atoms in total. The van der Waals surface area contributed by atoms with Gasteiger partial charge in [0.1, 0.15) is 24.2 Å². The van der Waals surface area contributed by atoms with Crippen LogP contribution in [0.4, 0.5) is 0 Å². The van der Waals surface area contributed by atoms with Gasteiger partial charge in [0.05, 0.1) is 39.6 Å². The molecule has 1 unspecified atom stereocenters. The minimum atomic E-state index is -1.13. The van der Waals surface area contributed by atoms with Gasteiger partial charge in [-0.15, -0.1) is 0 Å². The predicted octanol–water partition coefficient (Wildman–Crippen LogP) is 3.25. The first-order valence-electron chi connectivity index (χ1n) is 9.26. The Bertz CT molecular complexity index is 1190. The zero-order chi connectivity index (χ0) is 21.8. The standard InChI is InChI=1S/C21H19Cl2N3O4/c1-2-4-13-7-17(29)18-20(16(23)9-25-21(18)30-11-14(28)10-27)26(13)19-12(8-24)5-3-6-15(19)22/h3,5-7,9,14,27-28H,2,4,10-11H2,1H3. The number of aryl methyl sites for hydroxylation is 1. The van der Waals surface area contributed by atoms with Crippen molar-refractivity contribution in [1.82, 2.24) is 9.55 Å². The maximum absolute atomic E-state index is 13.0. The number of aliphatic hydroxyl groups is 2. The maximum atomic E-state index is 13.0. The highest BCUT2D eigenvalue weighted by Gasteiger charge is 2.22. The minimum Gasteiger partial charge on any atom is -0.474 e. The molecule has 0 aliphatic rings. The number of pyridine rings is 2. The van der Waals surface area contributed by atoms with E-state index in [0.717, 1.165) is 6.42 Å². The summed E-state index contributed by atoms with van der Waals surface area (Å²) < 4.78 is 7.19. The minimum absolute atomic E-state index is 0.0331. The number of ether oxygens (including phenoxy) is 1. The lowest BCUT2D eigenvalue weighted by atomic mass is 10.1. The first-order chi connectivity index (χ1) is 14.4. The smallest absolute Gasteiger partial charge is 0.227 e. The number of aliphatic hydroxyl groups excluding tert-OH is 2. The lowest BCUT2D eigenvalue weighted by Gasteiger charge is -2.21. The fourth-order valence-corrected chi connectivity index (χ4v) is 3.69. The van der Waals surface area contributed by atoms with Gasteiger partial charge in [0.2, 0.25) is 5.88 Å². The number of hydrogen-bond donors (Lipinski definition) is 2. The molecule has 0 fully saturated rings. The first-order valence-corrected chi connectivity index (χ1v) is 10.0. The van der Waals surface area contributed by atoms with Crippen molar-refractivity contribution in [2.24, 2.45) is 0 Å². The lowest BCUT2D eigenvalue weighted by molar-refractivity contribution is 0.0526. The summed E-state index contributed by atoms with van der Waals surface area (Å²) in [6.07, 6.45) is 1.48. The molecule has 3 rings (SSSR count). The predicted molar refractivity (Wildman–Crippen MR) is 115 cm³/mol. The molecule has 2 aromatic heterocycles. The number of hydrogen-bond acceptors (Lipinski definition) is 6. The summed E-state index contributed by atoms with van der Waals surface area (Å²) in [6, 6.07) is 8.53. The van der Waals surface area contributed by atoms with Crippen LogP contribution in [0.2, 0.25) is 10.0 Å². The number of aromatic nitrogens is 2. The van der Waals surface area contributed by atoms with Gasteiger partial charge in [-0.3, -0.25) is 4.79 Å². The second-order valence-corrected chi connectivity index (χ2v) is 7.43. The fourth-order valence-electron chi connectivity index (χ4n) is 3.20. The molecule has 0 saturated carbocycles. The zero-order valence-corrected chi connectivity index (χ0v) is 17.6. The van der Waals surface area contributed by atoms with Gasteiger partial charge in [-0.2, -0.15) is 5.26 Å². The van der Waals surface area contributed by atoms with E-state index >= 15 is 0 Å². The largest absolute Gasteiger partial charge is 0.474 e. The van der Waals surface area contributed by atoms with E-state index in [2.05, 4.69) is 11.1 Å². The fraction of sp³-hybridized carbons (Fsp3) is 0.286. The molecule has 0 aliphatic heterocycles. The van der Waals surface area contributed by atoms with Crippen molar-refractivity contribution in [2.75, 3.05) is 13.2 Å². The summed E-state index contributed by atoms with van der Waals surface area (Å²) in [4.78, 5) is 17.1. The summed E-state index contributed by atoms with van der Waals surface area (Å²) in [5.41, 5.74) is 1.30. The van der Waals surface area contributed by atoms with E-state index in [-0.39, 0.29) is 28.3 Å². The van der Waals surface area contributed by atoms with Gasteiger partial charge < -0.3 is 19.5 Å². The maximum Gasteiger partial charge on any atom is 0.227 e. The molecular formula is C21H19Cl2N3O4. The number of nitriles is 1. The van der Waals surface area contributed by atoms with Gasteiger partial charge in [-0.25, -0.2) is 4.98 Å². The van der Waals surface area contributed by atoms with E-state index in [1.165, 1.54) is 12.3 Å². The zero-order valence-electron chi connectivity index (χ0n) is 16.1. The number of benzene rings is 1. The average molecular weight is 448 g/mol. The summed E-state index contributed by atoms with van der Waals surface area (Å²) in [5, 5.41) is 28.9. The quantitative estimate of drug-likeness (QED) is 0.575. The summed E-state index contributed by atoms with van der Waals surface area (Å²) in [6.45, 7) is 1.21. The molecule has 9 heteroatoms. The molecule has 2 N–H and O–H groups in total. The normalized spacial score (nSPS) is 12.0. The van der Waals surface area contributed by atoms with Crippen LogP contribution in [0.1, 0.15) is 24.6 Å². The van der Waals surface area contributed by atoms with Crippen LogP contribution in [0.5, 0.6) is 5.88 Å². The lowest BCUT2D eigenvalue weighted by Crippen LogP contribution is -2.23. The Morgan fingerprint density at radius 3 is 2.77 bits per heavy atom. The van der Waals surface area contributed by atoms with Gasteiger partial charge in [-0.05, 0) is 18.6 Å². The van der Waals surface area contributed by atoms with Crippen molar-refractivity contribution in [3.63, 3.8) is 0 Å². The van der Waals surface area contributed by atoms with E-state index in [0.29, 0.717) is 33.9 Å². The Morgan fingerprint density at radius 2 is 2.10 bits per heavy atom. The number of fused-ring (bicyclic) bond motifs is 1. The monoisotopic (exact) mass is 447 g/mol. The Balaban J connectivity index is 2.42. The topological polar surface area (TPSA) is 108 Å². The van der Waals surface area contributed by atoms with Crippen LogP contribution in [-0.2, 0) is 6.42 Å². The van der Waals surface area contributed by atoms with Gasteiger partial charge in [-0.1, -0.05) is 42.6 Å². The molecule has 0 radical (unpaired) electrons. The van der Waals surface area contributed by atoms with E-state index in [4.69, 9.17) is 33.0 Å². The van der Waals surface area contributed by atoms with Crippen LogP contribution in [0, 0.1) is 11.3 Å². The van der Waals surface area contributed by atoms with Crippen LogP contribution in [0.25, 0.3) is 16.6 Å². The molecule has 30 heavy (non-hydrogen) atoms. The summed E-state index contributed by atoms with van der Waals surface area (Å²) in [5.74, 6) is -0.0331. The Labute approximate surface area is 182 Å². The Hall–Kier alpha value is -2.63. The van der Waals surface area contributed by atoms with Crippen LogP contribution in [0.15, 0.2) is 35.3 Å². The molecule has 0 aliphatic carbocycles. The highest BCUT2D eigenvalue weighted by atomic mass is 35.5. The SMILES string of the molecule is CCCc1cc(=O)c2c(OCC(O)CO)ncc(Cl)c2n1-c1c(Cl)cccc1C#N. The number of halogens is 2. The molecule has 0 amide bonds. The highest BCUT2D eigenvalue weighted by Crippen LogP contribution is 2.34. The van der Waals surface area contributed by atoms with Crippen LogP contribution < -0.4 is 10.2 Å². The molecule has 3 aromatic rings. The number of para-hydroxylation sites is 1. The van der Waals surface area contributed by atoms with Crippen molar-refractivity contribution in [2.45, 2.75) is 25.9 Å². The molecule has 0 spiro atoms.